The lowest BCUT2D eigenvalue weighted by Crippen LogP contribution is -2.48. The predicted molar refractivity (Wildman–Crippen MR) is 75.6 cm³/mol. The Morgan fingerprint density at radius 1 is 1.15 bits per heavy atom. The monoisotopic (exact) mass is 275 g/mol. The zero-order valence-electron chi connectivity index (χ0n) is 12.3. The Balaban J connectivity index is 1.65. The average Bonchev–Trinajstić information content (AvgIpc) is 2.90. The van der Waals surface area contributed by atoms with Crippen molar-refractivity contribution >= 4 is 0 Å². The van der Waals surface area contributed by atoms with Crippen molar-refractivity contribution in [2.24, 2.45) is 35.3 Å². The Bertz CT molecular complexity index is 454. The first-order chi connectivity index (χ1) is 9.80. The van der Waals surface area contributed by atoms with Gasteiger partial charge in [0, 0.05) is 0 Å². The van der Waals surface area contributed by atoms with Gasteiger partial charge in [0.1, 0.15) is 0 Å². The SMILES string of the molecule is CCC(C1C2CC3CC(C2)CC1C3)n1nnnc1CN. The van der Waals surface area contributed by atoms with Gasteiger partial charge in [-0.25, -0.2) is 4.68 Å². The van der Waals surface area contributed by atoms with Crippen LogP contribution in [0.25, 0.3) is 0 Å². The fraction of sp³-hybridized carbons (Fsp3) is 0.933. The summed E-state index contributed by atoms with van der Waals surface area (Å²) in [7, 11) is 0. The molecule has 4 aliphatic carbocycles. The summed E-state index contributed by atoms with van der Waals surface area (Å²) in [6, 6.07) is 0.457. The smallest absolute Gasteiger partial charge is 0.165 e. The van der Waals surface area contributed by atoms with Gasteiger partial charge in [-0.05, 0) is 78.5 Å². The van der Waals surface area contributed by atoms with Crippen LogP contribution in [0.1, 0.15) is 57.3 Å². The van der Waals surface area contributed by atoms with Crippen LogP contribution >= 0.6 is 0 Å². The van der Waals surface area contributed by atoms with Crippen LogP contribution in [0.15, 0.2) is 0 Å². The quantitative estimate of drug-likeness (QED) is 0.914. The van der Waals surface area contributed by atoms with Gasteiger partial charge in [-0.3, -0.25) is 0 Å². The summed E-state index contributed by atoms with van der Waals surface area (Å²) in [6.45, 7) is 2.72. The van der Waals surface area contributed by atoms with E-state index in [0.29, 0.717) is 12.6 Å². The molecule has 1 unspecified atom stereocenters. The van der Waals surface area contributed by atoms with Gasteiger partial charge < -0.3 is 5.73 Å². The Hall–Kier alpha value is -0.970. The van der Waals surface area contributed by atoms with Gasteiger partial charge in [-0.1, -0.05) is 6.92 Å². The summed E-state index contributed by atoms with van der Waals surface area (Å²) < 4.78 is 2.05. The first kappa shape index (κ1) is 12.7. The van der Waals surface area contributed by atoms with E-state index >= 15 is 0 Å². The lowest BCUT2D eigenvalue weighted by atomic mass is 9.50. The molecule has 1 heterocycles. The molecule has 0 saturated heterocycles. The molecule has 1 aromatic heterocycles. The number of rotatable bonds is 4. The maximum Gasteiger partial charge on any atom is 0.165 e. The van der Waals surface area contributed by atoms with Crippen LogP contribution in [0.3, 0.4) is 0 Å². The molecule has 0 radical (unpaired) electrons. The fourth-order valence-corrected chi connectivity index (χ4v) is 5.81. The molecule has 4 fully saturated rings. The minimum atomic E-state index is 0.441. The highest BCUT2D eigenvalue weighted by Crippen LogP contribution is 2.59. The van der Waals surface area contributed by atoms with Crippen LogP contribution in [0.5, 0.6) is 0 Å². The fourth-order valence-electron chi connectivity index (χ4n) is 5.81. The van der Waals surface area contributed by atoms with Gasteiger partial charge in [0.05, 0.1) is 12.6 Å². The predicted octanol–water partition coefficient (Wildman–Crippen LogP) is 2.16. The van der Waals surface area contributed by atoms with Crippen molar-refractivity contribution < 1.29 is 0 Å². The number of nitrogens with two attached hydrogens (primary N) is 1. The Morgan fingerprint density at radius 3 is 2.35 bits per heavy atom. The van der Waals surface area contributed by atoms with Gasteiger partial charge in [0.15, 0.2) is 5.82 Å². The van der Waals surface area contributed by atoms with Crippen LogP contribution in [-0.4, -0.2) is 20.2 Å². The second-order valence-electron chi connectivity index (χ2n) is 7.23. The van der Waals surface area contributed by atoms with Crippen molar-refractivity contribution in [1.82, 2.24) is 20.2 Å². The zero-order chi connectivity index (χ0) is 13.7. The molecule has 4 bridgehead atoms. The van der Waals surface area contributed by atoms with Gasteiger partial charge in [0.25, 0.3) is 0 Å². The lowest BCUT2D eigenvalue weighted by Gasteiger charge is -2.56. The molecule has 5 heteroatoms. The van der Waals surface area contributed by atoms with Crippen LogP contribution < -0.4 is 5.73 Å². The van der Waals surface area contributed by atoms with Crippen LogP contribution in [-0.2, 0) is 6.54 Å². The van der Waals surface area contributed by atoms with Gasteiger partial charge in [-0.2, -0.15) is 0 Å². The summed E-state index contributed by atoms with van der Waals surface area (Å²) in [6.07, 6.45) is 8.44. The summed E-state index contributed by atoms with van der Waals surface area (Å²) in [5.74, 6) is 5.49. The van der Waals surface area contributed by atoms with Gasteiger partial charge in [-0.15, -0.1) is 5.10 Å². The summed E-state index contributed by atoms with van der Waals surface area (Å²) in [5.41, 5.74) is 5.80. The maximum atomic E-state index is 5.80. The van der Waals surface area contributed by atoms with E-state index in [4.69, 9.17) is 5.73 Å². The Labute approximate surface area is 120 Å². The molecule has 4 saturated carbocycles. The number of aromatic nitrogens is 4. The highest BCUT2D eigenvalue weighted by Gasteiger charge is 2.50. The molecule has 2 N–H and O–H groups in total. The molecule has 5 rings (SSSR count). The normalized spacial score (nSPS) is 40.2. The molecule has 0 amide bonds. The Morgan fingerprint density at radius 2 is 1.80 bits per heavy atom. The summed E-state index contributed by atoms with van der Waals surface area (Å²) >= 11 is 0. The molecule has 110 valence electrons. The second kappa shape index (κ2) is 4.79. The van der Waals surface area contributed by atoms with Crippen LogP contribution in [0.4, 0.5) is 0 Å². The number of tetrazole rings is 1. The molecule has 0 aliphatic heterocycles. The summed E-state index contributed by atoms with van der Waals surface area (Å²) in [4.78, 5) is 0. The third-order valence-electron chi connectivity index (χ3n) is 6.22. The third kappa shape index (κ3) is 1.82. The summed E-state index contributed by atoms with van der Waals surface area (Å²) in [5, 5.41) is 12.2. The minimum Gasteiger partial charge on any atom is -0.324 e. The first-order valence-electron chi connectivity index (χ1n) is 8.27. The molecule has 1 atom stereocenters. The highest BCUT2D eigenvalue weighted by molar-refractivity contribution is 5.01. The lowest BCUT2D eigenvalue weighted by molar-refractivity contribution is -0.0616. The van der Waals surface area contributed by atoms with Crippen molar-refractivity contribution in [3.63, 3.8) is 0 Å². The van der Waals surface area contributed by atoms with E-state index in [1.165, 1.54) is 32.1 Å². The molecule has 0 spiro atoms. The van der Waals surface area contributed by atoms with Crippen LogP contribution in [0, 0.1) is 29.6 Å². The Kier molecular flexibility index (Phi) is 3.05. The van der Waals surface area contributed by atoms with Crippen LogP contribution in [0.2, 0.25) is 0 Å². The standard InChI is InChI=1S/C15H25N5/c1-2-13(20-14(8-16)17-18-19-20)15-11-4-9-3-10(6-11)7-12(15)5-9/h9-13,15H,2-8,16H2,1H3. The molecule has 0 aromatic carbocycles. The van der Waals surface area contributed by atoms with Gasteiger partial charge >= 0.3 is 0 Å². The van der Waals surface area contributed by atoms with E-state index in [-0.39, 0.29) is 0 Å². The van der Waals surface area contributed by atoms with E-state index < -0.39 is 0 Å². The van der Waals surface area contributed by atoms with E-state index in [9.17, 15) is 0 Å². The number of nitrogens with zero attached hydrogens (tertiary/aromatic N) is 4. The van der Waals surface area contributed by atoms with Crippen molar-refractivity contribution in [3.8, 4) is 0 Å². The topological polar surface area (TPSA) is 69.6 Å². The molecular formula is C15H25N5. The maximum absolute atomic E-state index is 5.80. The highest BCUT2D eigenvalue weighted by atomic mass is 15.6. The number of hydrogen-bond donors (Lipinski definition) is 1. The van der Waals surface area contributed by atoms with E-state index in [2.05, 4.69) is 22.4 Å². The molecule has 1 aromatic rings. The van der Waals surface area contributed by atoms with Crippen molar-refractivity contribution in [1.29, 1.82) is 0 Å². The van der Waals surface area contributed by atoms with E-state index in [1.54, 1.807) is 0 Å². The molecule has 4 aliphatic rings. The number of hydrogen-bond acceptors (Lipinski definition) is 4. The second-order valence-corrected chi connectivity index (χ2v) is 7.23. The van der Waals surface area contributed by atoms with E-state index in [1.807, 2.05) is 4.68 Å². The van der Waals surface area contributed by atoms with Crippen molar-refractivity contribution in [3.05, 3.63) is 5.82 Å². The van der Waals surface area contributed by atoms with Crippen molar-refractivity contribution in [2.75, 3.05) is 0 Å². The average molecular weight is 275 g/mol. The zero-order valence-corrected chi connectivity index (χ0v) is 12.3. The largest absolute Gasteiger partial charge is 0.324 e. The first-order valence-corrected chi connectivity index (χ1v) is 8.27. The molecular weight excluding hydrogens is 250 g/mol. The van der Waals surface area contributed by atoms with Crippen molar-refractivity contribution in [2.45, 2.75) is 58.0 Å². The minimum absolute atomic E-state index is 0.441. The third-order valence-corrected chi connectivity index (χ3v) is 6.22. The molecule has 20 heavy (non-hydrogen) atoms. The molecule has 5 nitrogen and oxygen atoms in total. The van der Waals surface area contributed by atoms with E-state index in [0.717, 1.165) is 41.8 Å². The van der Waals surface area contributed by atoms with Gasteiger partial charge in [0.2, 0.25) is 0 Å².